The zero-order valence-corrected chi connectivity index (χ0v) is 22.1. The standard InChI is InChI=1S/C25H22BrClN4O6/c1-35-19-9-7-18(8-10-19)30-24(33)25(34)31-28-13-15-11-20(26)23(21(12-15)36-2)37-14-22(32)29-17-5-3-16(27)4-6-17/h3-13H,14H2,1-2H3,(H,29,32)(H,30,33)(H,31,34)/b28-13-. The molecule has 0 aromatic heterocycles. The van der Waals surface area contributed by atoms with E-state index in [0.717, 1.165) is 0 Å². The summed E-state index contributed by atoms with van der Waals surface area (Å²) in [7, 11) is 2.96. The van der Waals surface area contributed by atoms with Crippen molar-refractivity contribution in [2.45, 2.75) is 0 Å². The number of rotatable bonds is 9. The third-order valence-corrected chi connectivity index (χ3v) is 5.50. The number of nitrogens with zero attached hydrogens (tertiary/aromatic N) is 1. The Morgan fingerprint density at radius 1 is 0.919 bits per heavy atom. The van der Waals surface area contributed by atoms with Gasteiger partial charge in [0.2, 0.25) is 0 Å². The summed E-state index contributed by atoms with van der Waals surface area (Å²) < 4.78 is 16.5. The molecule has 0 spiro atoms. The summed E-state index contributed by atoms with van der Waals surface area (Å²) in [5.74, 6) is -0.984. The lowest BCUT2D eigenvalue weighted by atomic mass is 10.2. The number of hydrogen-bond donors (Lipinski definition) is 3. The maximum Gasteiger partial charge on any atom is 0.329 e. The molecule has 0 saturated heterocycles. The van der Waals surface area contributed by atoms with E-state index in [-0.39, 0.29) is 12.5 Å². The van der Waals surface area contributed by atoms with Gasteiger partial charge in [-0.3, -0.25) is 14.4 Å². The van der Waals surface area contributed by atoms with Gasteiger partial charge in [-0.1, -0.05) is 11.6 Å². The Bertz CT molecular complexity index is 1300. The van der Waals surface area contributed by atoms with E-state index in [2.05, 4.69) is 37.1 Å². The molecule has 3 rings (SSSR count). The first kappa shape index (κ1) is 27.5. The number of halogens is 2. The number of anilines is 2. The second-order valence-electron chi connectivity index (χ2n) is 7.26. The van der Waals surface area contributed by atoms with E-state index in [1.807, 2.05) is 0 Å². The monoisotopic (exact) mass is 588 g/mol. The zero-order chi connectivity index (χ0) is 26.8. The first-order valence-corrected chi connectivity index (χ1v) is 11.8. The normalized spacial score (nSPS) is 10.5. The molecule has 0 aliphatic heterocycles. The van der Waals surface area contributed by atoms with Crippen molar-refractivity contribution in [1.29, 1.82) is 0 Å². The molecule has 37 heavy (non-hydrogen) atoms. The van der Waals surface area contributed by atoms with Crippen molar-refractivity contribution in [2.75, 3.05) is 31.5 Å². The third-order valence-electron chi connectivity index (χ3n) is 4.66. The van der Waals surface area contributed by atoms with Gasteiger partial charge in [0.1, 0.15) is 5.75 Å². The van der Waals surface area contributed by atoms with E-state index in [4.69, 9.17) is 25.8 Å². The Labute approximate surface area is 226 Å². The van der Waals surface area contributed by atoms with Crippen LogP contribution >= 0.6 is 27.5 Å². The van der Waals surface area contributed by atoms with Crippen molar-refractivity contribution in [2.24, 2.45) is 5.10 Å². The molecular formula is C25H22BrClN4O6. The van der Waals surface area contributed by atoms with Crippen molar-refractivity contribution < 1.29 is 28.6 Å². The van der Waals surface area contributed by atoms with E-state index in [1.165, 1.54) is 20.4 Å². The molecule has 0 bridgehead atoms. The minimum Gasteiger partial charge on any atom is -0.497 e. The molecule has 0 saturated carbocycles. The summed E-state index contributed by atoms with van der Waals surface area (Å²) >= 11 is 9.23. The van der Waals surface area contributed by atoms with Crippen LogP contribution in [0.2, 0.25) is 5.02 Å². The van der Waals surface area contributed by atoms with Crippen LogP contribution in [-0.4, -0.2) is 44.8 Å². The number of hydrazone groups is 1. The fraction of sp³-hybridized carbons (Fsp3) is 0.120. The van der Waals surface area contributed by atoms with Crippen LogP contribution < -0.4 is 30.3 Å². The third kappa shape index (κ3) is 8.23. The fourth-order valence-electron chi connectivity index (χ4n) is 2.90. The van der Waals surface area contributed by atoms with Crippen molar-refractivity contribution in [3.63, 3.8) is 0 Å². The number of carbonyl (C=O) groups excluding carboxylic acids is 3. The van der Waals surface area contributed by atoms with Crippen LogP contribution in [0.15, 0.2) is 70.2 Å². The van der Waals surface area contributed by atoms with Gasteiger partial charge in [-0.05, 0) is 82.2 Å². The Kier molecular flexibility index (Phi) is 9.87. The summed E-state index contributed by atoms with van der Waals surface area (Å²) in [6.07, 6.45) is 1.32. The van der Waals surface area contributed by atoms with Gasteiger partial charge >= 0.3 is 11.8 Å². The number of methoxy groups -OCH3 is 2. The minimum atomic E-state index is -0.954. The number of nitrogens with one attached hydrogen (secondary N) is 3. The molecule has 0 aliphatic rings. The minimum absolute atomic E-state index is 0.273. The van der Waals surface area contributed by atoms with E-state index in [0.29, 0.717) is 43.7 Å². The first-order valence-electron chi connectivity index (χ1n) is 10.6. The van der Waals surface area contributed by atoms with Crippen LogP contribution in [0.4, 0.5) is 11.4 Å². The van der Waals surface area contributed by atoms with Crippen LogP contribution in [0.5, 0.6) is 17.2 Å². The first-order chi connectivity index (χ1) is 17.8. The summed E-state index contributed by atoms with van der Waals surface area (Å²) in [6.45, 7) is -0.273. The maximum atomic E-state index is 12.2. The molecule has 0 unspecified atom stereocenters. The van der Waals surface area contributed by atoms with E-state index < -0.39 is 11.8 Å². The SMILES string of the molecule is COc1ccc(NC(=O)C(=O)N/N=C\c2cc(Br)c(OCC(=O)Nc3ccc(Cl)cc3)c(OC)c2)cc1. The molecule has 3 aromatic rings. The molecule has 0 heterocycles. The van der Waals surface area contributed by atoms with Gasteiger partial charge in [-0.15, -0.1) is 0 Å². The van der Waals surface area contributed by atoms with Crippen molar-refractivity contribution >= 4 is 62.8 Å². The maximum absolute atomic E-state index is 12.2. The van der Waals surface area contributed by atoms with Gasteiger partial charge in [0.05, 0.1) is 24.9 Å². The van der Waals surface area contributed by atoms with Crippen molar-refractivity contribution in [3.05, 3.63) is 75.7 Å². The zero-order valence-electron chi connectivity index (χ0n) is 19.7. The predicted molar refractivity (Wildman–Crippen MR) is 144 cm³/mol. The smallest absolute Gasteiger partial charge is 0.329 e. The van der Waals surface area contributed by atoms with Crippen LogP contribution in [-0.2, 0) is 14.4 Å². The molecular weight excluding hydrogens is 568 g/mol. The van der Waals surface area contributed by atoms with Crippen LogP contribution in [0, 0.1) is 0 Å². The molecule has 3 amide bonds. The number of carbonyl (C=O) groups is 3. The van der Waals surface area contributed by atoms with Gasteiger partial charge in [-0.25, -0.2) is 5.43 Å². The highest BCUT2D eigenvalue weighted by atomic mass is 79.9. The second-order valence-corrected chi connectivity index (χ2v) is 8.55. The Morgan fingerprint density at radius 2 is 1.57 bits per heavy atom. The second kappa shape index (κ2) is 13.3. The average Bonchev–Trinajstić information content (AvgIpc) is 2.89. The van der Waals surface area contributed by atoms with Gasteiger partial charge in [0, 0.05) is 16.4 Å². The van der Waals surface area contributed by atoms with E-state index >= 15 is 0 Å². The molecule has 0 atom stereocenters. The molecule has 10 nitrogen and oxygen atoms in total. The molecule has 0 radical (unpaired) electrons. The average molecular weight is 590 g/mol. The summed E-state index contributed by atoms with van der Waals surface area (Å²) in [4.78, 5) is 36.3. The Morgan fingerprint density at radius 3 is 2.22 bits per heavy atom. The van der Waals surface area contributed by atoms with Crippen LogP contribution in [0.25, 0.3) is 0 Å². The van der Waals surface area contributed by atoms with Crippen LogP contribution in [0.3, 0.4) is 0 Å². The van der Waals surface area contributed by atoms with E-state index in [1.54, 1.807) is 60.7 Å². The Balaban J connectivity index is 1.56. The van der Waals surface area contributed by atoms with Gasteiger partial charge < -0.3 is 24.8 Å². The lowest BCUT2D eigenvalue weighted by Crippen LogP contribution is -2.32. The van der Waals surface area contributed by atoms with Gasteiger partial charge in [-0.2, -0.15) is 5.10 Å². The van der Waals surface area contributed by atoms with Crippen molar-refractivity contribution in [1.82, 2.24) is 5.43 Å². The lowest BCUT2D eigenvalue weighted by Gasteiger charge is -2.13. The quantitative estimate of drug-likeness (QED) is 0.195. The summed E-state index contributed by atoms with van der Waals surface area (Å²) in [5.41, 5.74) is 3.69. The number of amides is 3. The highest BCUT2D eigenvalue weighted by molar-refractivity contribution is 9.10. The number of benzene rings is 3. The molecule has 0 aliphatic carbocycles. The van der Waals surface area contributed by atoms with Crippen molar-refractivity contribution in [3.8, 4) is 17.2 Å². The topological polar surface area (TPSA) is 127 Å². The van der Waals surface area contributed by atoms with Gasteiger partial charge in [0.15, 0.2) is 18.1 Å². The fourth-order valence-corrected chi connectivity index (χ4v) is 3.60. The van der Waals surface area contributed by atoms with Gasteiger partial charge in [0.25, 0.3) is 5.91 Å². The lowest BCUT2D eigenvalue weighted by molar-refractivity contribution is -0.136. The molecule has 0 fully saturated rings. The predicted octanol–water partition coefficient (Wildman–Crippen LogP) is 4.23. The Hall–Kier alpha value is -4.09. The van der Waals surface area contributed by atoms with E-state index in [9.17, 15) is 14.4 Å². The summed E-state index contributed by atoms with van der Waals surface area (Å²) in [5, 5.41) is 9.52. The highest BCUT2D eigenvalue weighted by Crippen LogP contribution is 2.36. The molecule has 3 aromatic carbocycles. The molecule has 12 heteroatoms. The summed E-state index contributed by atoms with van der Waals surface area (Å²) in [6, 6.07) is 16.4. The number of ether oxygens (including phenoxy) is 3. The highest BCUT2D eigenvalue weighted by Gasteiger charge is 2.15. The number of hydrogen-bond acceptors (Lipinski definition) is 7. The van der Waals surface area contributed by atoms with Crippen LogP contribution in [0.1, 0.15) is 5.56 Å². The molecule has 3 N–H and O–H groups in total. The molecule has 192 valence electrons. The largest absolute Gasteiger partial charge is 0.497 e.